The van der Waals surface area contributed by atoms with E-state index in [0.29, 0.717) is 22.1 Å². The van der Waals surface area contributed by atoms with Gasteiger partial charge in [0.1, 0.15) is 11.3 Å². The lowest BCUT2D eigenvalue weighted by atomic mass is 9.98. The lowest BCUT2D eigenvalue weighted by molar-refractivity contribution is 0.0938. The molecule has 24 heavy (non-hydrogen) atoms. The van der Waals surface area contributed by atoms with Gasteiger partial charge in [-0.15, -0.1) is 0 Å². The number of hydrogen-bond donors (Lipinski definition) is 2. The summed E-state index contributed by atoms with van der Waals surface area (Å²) in [5, 5.41) is 12.9. The molecule has 2 aromatic carbocycles. The SMILES string of the molecule is CCc1ccc2oc3c(c(=O)c2c1)[C@H](c1cccc(O)c1)NC3=O. The van der Waals surface area contributed by atoms with Crippen molar-refractivity contribution >= 4 is 16.9 Å². The first kappa shape index (κ1) is 14.5. The fourth-order valence-electron chi connectivity index (χ4n) is 3.13. The molecule has 0 saturated carbocycles. The number of aromatic hydroxyl groups is 1. The van der Waals surface area contributed by atoms with Gasteiger partial charge in [-0.3, -0.25) is 9.59 Å². The monoisotopic (exact) mass is 321 g/mol. The van der Waals surface area contributed by atoms with E-state index in [1.165, 1.54) is 12.1 Å². The Morgan fingerprint density at radius 1 is 1.17 bits per heavy atom. The third-order valence-corrected chi connectivity index (χ3v) is 4.37. The summed E-state index contributed by atoms with van der Waals surface area (Å²) in [5.41, 5.74) is 2.16. The largest absolute Gasteiger partial charge is 0.508 e. The second-order valence-electron chi connectivity index (χ2n) is 5.86. The van der Waals surface area contributed by atoms with Crippen LogP contribution in [0.2, 0.25) is 0 Å². The van der Waals surface area contributed by atoms with Crippen LogP contribution in [0.4, 0.5) is 0 Å². The van der Waals surface area contributed by atoms with Crippen LogP contribution in [0.15, 0.2) is 51.7 Å². The molecule has 1 aromatic heterocycles. The normalized spacial score (nSPS) is 16.2. The minimum Gasteiger partial charge on any atom is -0.508 e. The van der Waals surface area contributed by atoms with E-state index in [1.54, 1.807) is 18.2 Å². The number of carbonyl (C=O) groups excluding carboxylic acids is 1. The van der Waals surface area contributed by atoms with Crippen molar-refractivity contribution in [3.05, 3.63) is 75.1 Å². The van der Waals surface area contributed by atoms with Crippen molar-refractivity contribution in [2.24, 2.45) is 0 Å². The fourth-order valence-corrected chi connectivity index (χ4v) is 3.13. The summed E-state index contributed by atoms with van der Waals surface area (Å²) in [6, 6.07) is 11.3. The Labute approximate surface area is 137 Å². The van der Waals surface area contributed by atoms with Crippen LogP contribution in [0, 0.1) is 0 Å². The van der Waals surface area contributed by atoms with E-state index in [9.17, 15) is 14.7 Å². The van der Waals surface area contributed by atoms with Crippen LogP contribution in [0.5, 0.6) is 5.75 Å². The van der Waals surface area contributed by atoms with E-state index >= 15 is 0 Å². The van der Waals surface area contributed by atoms with Crippen molar-refractivity contribution in [3.63, 3.8) is 0 Å². The van der Waals surface area contributed by atoms with Gasteiger partial charge in [0.2, 0.25) is 5.76 Å². The molecule has 0 radical (unpaired) electrons. The Bertz CT molecular complexity index is 1040. The van der Waals surface area contributed by atoms with E-state index < -0.39 is 11.9 Å². The van der Waals surface area contributed by atoms with Crippen molar-refractivity contribution in [3.8, 4) is 5.75 Å². The summed E-state index contributed by atoms with van der Waals surface area (Å²) in [6.07, 6.45) is 0.805. The van der Waals surface area contributed by atoms with Gasteiger partial charge < -0.3 is 14.8 Å². The van der Waals surface area contributed by atoms with E-state index in [0.717, 1.165) is 12.0 Å². The molecule has 5 nitrogen and oxygen atoms in total. The highest BCUT2D eigenvalue weighted by Crippen LogP contribution is 2.32. The number of fused-ring (bicyclic) bond motifs is 2. The molecular formula is C19H15NO4. The number of carbonyl (C=O) groups is 1. The second kappa shape index (κ2) is 5.23. The van der Waals surface area contributed by atoms with Crippen LogP contribution in [-0.2, 0) is 6.42 Å². The topological polar surface area (TPSA) is 79.5 Å². The molecule has 1 atom stereocenters. The number of phenolic OH excluding ortho intramolecular Hbond substituents is 1. The molecule has 5 heteroatoms. The van der Waals surface area contributed by atoms with Crippen LogP contribution < -0.4 is 10.7 Å². The molecule has 0 saturated heterocycles. The Morgan fingerprint density at radius 3 is 2.75 bits per heavy atom. The van der Waals surface area contributed by atoms with Crippen LogP contribution >= 0.6 is 0 Å². The molecule has 1 aliphatic heterocycles. The fraction of sp³-hybridized carbons (Fsp3) is 0.158. The molecule has 3 aromatic rings. The Balaban J connectivity index is 1.99. The standard InChI is InChI=1S/C19H15NO4/c1-2-10-6-7-14-13(8-10)17(22)15-16(20-19(23)18(15)24-14)11-4-3-5-12(21)9-11/h3-9,16,21H,2H2,1H3,(H,20,23)/t16-/m0/s1. The predicted octanol–water partition coefficient (Wildman–Crippen LogP) is 2.89. The average molecular weight is 321 g/mol. The lowest BCUT2D eigenvalue weighted by Gasteiger charge is -2.11. The molecule has 0 unspecified atom stereocenters. The number of nitrogens with one attached hydrogen (secondary N) is 1. The first-order chi connectivity index (χ1) is 11.6. The van der Waals surface area contributed by atoms with Gasteiger partial charge in [0.25, 0.3) is 5.91 Å². The van der Waals surface area contributed by atoms with Gasteiger partial charge in [-0.2, -0.15) is 0 Å². The van der Waals surface area contributed by atoms with Crippen LogP contribution in [0.25, 0.3) is 11.0 Å². The van der Waals surface area contributed by atoms with Gasteiger partial charge in [-0.25, -0.2) is 0 Å². The Morgan fingerprint density at radius 2 is 2.00 bits per heavy atom. The number of benzene rings is 2. The quantitative estimate of drug-likeness (QED) is 0.760. The second-order valence-corrected chi connectivity index (χ2v) is 5.86. The van der Waals surface area contributed by atoms with Crippen LogP contribution in [0.1, 0.15) is 40.2 Å². The van der Waals surface area contributed by atoms with Crippen molar-refractivity contribution in [1.82, 2.24) is 5.32 Å². The summed E-state index contributed by atoms with van der Waals surface area (Å²) in [4.78, 5) is 25.2. The highest BCUT2D eigenvalue weighted by Gasteiger charge is 2.35. The molecule has 120 valence electrons. The maximum atomic E-state index is 13.0. The van der Waals surface area contributed by atoms with Gasteiger partial charge in [0.05, 0.1) is 17.0 Å². The maximum absolute atomic E-state index is 13.0. The summed E-state index contributed by atoms with van der Waals surface area (Å²) in [5.74, 6) is -0.296. The van der Waals surface area contributed by atoms with Gasteiger partial charge >= 0.3 is 0 Å². The van der Waals surface area contributed by atoms with E-state index in [-0.39, 0.29) is 16.9 Å². The van der Waals surface area contributed by atoms with Crippen LogP contribution in [0.3, 0.4) is 0 Å². The Hall–Kier alpha value is -3.08. The van der Waals surface area contributed by atoms with Gasteiger partial charge in [-0.05, 0) is 41.8 Å². The van der Waals surface area contributed by atoms with Crippen LogP contribution in [-0.4, -0.2) is 11.0 Å². The zero-order valence-electron chi connectivity index (χ0n) is 13.0. The lowest BCUT2D eigenvalue weighted by Crippen LogP contribution is -2.21. The zero-order valence-corrected chi connectivity index (χ0v) is 13.0. The first-order valence-electron chi connectivity index (χ1n) is 7.78. The minimum absolute atomic E-state index is 0.0464. The number of hydrogen-bond acceptors (Lipinski definition) is 4. The summed E-state index contributed by atoms with van der Waals surface area (Å²) < 4.78 is 5.70. The molecule has 0 fully saturated rings. The van der Waals surface area contributed by atoms with Crippen molar-refractivity contribution < 1.29 is 14.3 Å². The maximum Gasteiger partial charge on any atom is 0.288 e. The summed E-state index contributed by atoms with van der Waals surface area (Å²) in [7, 11) is 0. The molecule has 0 spiro atoms. The van der Waals surface area contributed by atoms with E-state index in [4.69, 9.17) is 4.42 Å². The molecule has 0 aliphatic carbocycles. The summed E-state index contributed by atoms with van der Waals surface area (Å²) in [6.45, 7) is 2.01. The molecule has 0 bridgehead atoms. The number of aryl methyl sites for hydroxylation is 1. The van der Waals surface area contributed by atoms with E-state index in [2.05, 4.69) is 5.32 Å². The smallest absolute Gasteiger partial charge is 0.288 e. The molecule has 1 aliphatic rings. The number of amides is 1. The van der Waals surface area contributed by atoms with E-state index in [1.807, 2.05) is 19.1 Å². The van der Waals surface area contributed by atoms with Crippen molar-refractivity contribution in [2.45, 2.75) is 19.4 Å². The number of phenols is 1. The van der Waals surface area contributed by atoms with Gasteiger partial charge in [0.15, 0.2) is 5.43 Å². The number of rotatable bonds is 2. The third kappa shape index (κ3) is 2.09. The first-order valence-corrected chi connectivity index (χ1v) is 7.78. The summed E-state index contributed by atoms with van der Waals surface area (Å²) >= 11 is 0. The highest BCUT2D eigenvalue weighted by atomic mass is 16.3. The predicted molar refractivity (Wildman–Crippen MR) is 89.3 cm³/mol. The highest BCUT2D eigenvalue weighted by molar-refractivity contribution is 5.99. The molecule has 2 N–H and O–H groups in total. The zero-order chi connectivity index (χ0) is 16.8. The molecule has 2 heterocycles. The average Bonchev–Trinajstić information content (AvgIpc) is 2.92. The molecular weight excluding hydrogens is 306 g/mol. The minimum atomic E-state index is -0.620. The Kier molecular flexibility index (Phi) is 3.16. The van der Waals surface area contributed by atoms with Crippen molar-refractivity contribution in [2.75, 3.05) is 0 Å². The van der Waals surface area contributed by atoms with Gasteiger partial charge in [-0.1, -0.05) is 25.1 Å². The molecule has 4 rings (SSSR count). The third-order valence-electron chi connectivity index (χ3n) is 4.37. The van der Waals surface area contributed by atoms with Crippen molar-refractivity contribution in [1.29, 1.82) is 0 Å². The van der Waals surface area contributed by atoms with Gasteiger partial charge in [0, 0.05) is 0 Å². The molecule has 1 amide bonds.